The fourth-order valence-corrected chi connectivity index (χ4v) is 1.32. The van der Waals surface area contributed by atoms with Crippen LogP contribution in [-0.4, -0.2) is 12.5 Å². The second-order valence-corrected chi connectivity index (χ2v) is 4.07. The van der Waals surface area contributed by atoms with Crippen molar-refractivity contribution in [2.24, 2.45) is 11.7 Å². The topological polar surface area (TPSA) is 55.1 Å². The van der Waals surface area contributed by atoms with Gasteiger partial charge in [-0.25, -0.2) is 8.78 Å². The first kappa shape index (κ1) is 13.6. The second-order valence-electron chi connectivity index (χ2n) is 4.07. The van der Waals surface area contributed by atoms with Gasteiger partial charge in [0.15, 0.2) is 11.6 Å². The van der Waals surface area contributed by atoms with Gasteiger partial charge in [0.05, 0.1) is 0 Å². The molecule has 0 aliphatic carbocycles. The maximum atomic E-state index is 12.9. The Labute approximate surface area is 99.0 Å². The van der Waals surface area contributed by atoms with Crippen LogP contribution in [0.15, 0.2) is 18.2 Å². The summed E-state index contributed by atoms with van der Waals surface area (Å²) in [6.45, 7) is 2.50. The van der Waals surface area contributed by atoms with Gasteiger partial charge < -0.3 is 11.1 Å². The number of rotatable bonds is 5. The minimum absolute atomic E-state index is 0.111. The van der Waals surface area contributed by atoms with E-state index in [0.717, 1.165) is 12.1 Å². The average Bonchev–Trinajstić information content (AvgIpc) is 2.30. The van der Waals surface area contributed by atoms with Crippen LogP contribution in [0.1, 0.15) is 18.9 Å². The van der Waals surface area contributed by atoms with E-state index in [1.807, 2.05) is 6.92 Å². The van der Waals surface area contributed by atoms with Crippen LogP contribution in [0.25, 0.3) is 0 Å². The Balaban J connectivity index is 2.45. The number of carbonyl (C=O) groups excluding carboxylic acids is 1. The summed E-state index contributed by atoms with van der Waals surface area (Å²) in [5, 5.41) is 2.63. The van der Waals surface area contributed by atoms with Gasteiger partial charge in [0.25, 0.3) is 0 Å². The van der Waals surface area contributed by atoms with E-state index in [1.54, 1.807) is 0 Å². The number of amides is 1. The van der Waals surface area contributed by atoms with Gasteiger partial charge in [-0.15, -0.1) is 0 Å². The highest BCUT2D eigenvalue weighted by Crippen LogP contribution is 2.08. The van der Waals surface area contributed by atoms with Crippen molar-refractivity contribution >= 4 is 5.91 Å². The van der Waals surface area contributed by atoms with E-state index in [9.17, 15) is 13.6 Å². The molecule has 5 heteroatoms. The summed E-state index contributed by atoms with van der Waals surface area (Å²) in [5.41, 5.74) is 5.92. The number of hydrogen-bond donors (Lipinski definition) is 2. The number of halogens is 2. The Kier molecular flexibility index (Phi) is 5.03. The number of nitrogens with two attached hydrogens (primary N) is 1. The average molecular weight is 242 g/mol. The molecule has 0 heterocycles. The molecule has 0 aromatic heterocycles. The summed E-state index contributed by atoms with van der Waals surface area (Å²) in [6.07, 6.45) is 0.334. The molecule has 0 saturated heterocycles. The van der Waals surface area contributed by atoms with Crippen molar-refractivity contribution in [2.75, 3.05) is 6.54 Å². The zero-order valence-electron chi connectivity index (χ0n) is 9.67. The third-order valence-corrected chi connectivity index (χ3v) is 2.41. The second kappa shape index (κ2) is 6.30. The van der Waals surface area contributed by atoms with E-state index < -0.39 is 11.6 Å². The first-order chi connectivity index (χ1) is 8.02. The van der Waals surface area contributed by atoms with Crippen molar-refractivity contribution < 1.29 is 13.6 Å². The quantitative estimate of drug-likeness (QED) is 0.823. The third kappa shape index (κ3) is 4.48. The van der Waals surface area contributed by atoms with Gasteiger partial charge in [-0.1, -0.05) is 13.0 Å². The predicted molar refractivity (Wildman–Crippen MR) is 61.0 cm³/mol. The first-order valence-corrected chi connectivity index (χ1v) is 5.43. The standard InChI is InChI=1S/C12H16F2N2O/c1-8(6-15)4-12(17)16-7-9-2-3-10(13)11(14)5-9/h2-3,5,8H,4,6-7,15H2,1H3,(H,16,17). The maximum absolute atomic E-state index is 12.9. The van der Waals surface area contributed by atoms with E-state index in [0.29, 0.717) is 18.5 Å². The summed E-state index contributed by atoms with van der Waals surface area (Å²) in [7, 11) is 0. The molecule has 1 aromatic rings. The molecule has 3 nitrogen and oxygen atoms in total. The summed E-state index contributed by atoms with van der Waals surface area (Å²) < 4.78 is 25.5. The minimum atomic E-state index is -0.910. The third-order valence-electron chi connectivity index (χ3n) is 2.41. The van der Waals surface area contributed by atoms with E-state index in [1.165, 1.54) is 6.07 Å². The Morgan fingerprint density at radius 2 is 2.12 bits per heavy atom. The minimum Gasteiger partial charge on any atom is -0.352 e. The lowest BCUT2D eigenvalue weighted by atomic mass is 10.1. The molecular formula is C12H16F2N2O. The molecule has 0 saturated carbocycles. The Morgan fingerprint density at radius 3 is 2.71 bits per heavy atom. The van der Waals surface area contributed by atoms with Crippen molar-refractivity contribution in [3.05, 3.63) is 35.4 Å². The molecule has 94 valence electrons. The summed E-state index contributed by atoms with van der Waals surface area (Å²) in [4.78, 5) is 11.4. The van der Waals surface area contributed by atoms with Gasteiger partial charge >= 0.3 is 0 Å². The zero-order chi connectivity index (χ0) is 12.8. The van der Waals surface area contributed by atoms with Crippen molar-refractivity contribution in [1.29, 1.82) is 0 Å². The molecule has 0 aliphatic rings. The van der Waals surface area contributed by atoms with Gasteiger partial charge in [0.2, 0.25) is 5.91 Å². The summed E-state index contributed by atoms with van der Waals surface area (Å²) in [5.74, 6) is -1.84. The van der Waals surface area contributed by atoms with Crippen LogP contribution >= 0.6 is 0 Å². The molecule has 1 rings (SSSR count). The van der Waals surface area contributed by atoms with Crippen molar-refractivity contribution in [1.82, 2.24) is 5.32 Å². The van der Waals surface area contributed by atoms with Crippen LogP contribution in [0.2, 0.25) is 0 Å². The van der Waals surface area contributed by atoms with Gasteiger partial charge in [-0.05, 0) is 30.2 Å². The van der Waals surface area contributed by atoms with Crippen molar-refractivity contribution in [3.63, 3.8) is 0 Å². The number of hydrogen-bond acceptors (Lipinski definition) is 2. The molecule has 0 aliphatic heterocycles. The largest absolute Gasteiger partial charge is 0.352 e. The van der Waals surface area contributed by atoms with Crippen molar-refractivity contribution in [3.8, 4) is 0 Å². The van der Waals surface area contributed by atoms with Crippen molar-refractivity contribution in [2.45, 2.75) is 19.9 Å². The zero-order valence-corrected chi connectivity index (χ0v) is 9.67. The van der Waals surface area contributed by atoms with Gasteiger partial charge in [-0.3, -0.25) is 4.79 Å². The number of carbonyl (C=O) groups is 1. The Bertz CT molecular complexity index is 396. The maximum Gasteiger partial charge on any atom is 0.220 e. The molecule has 17 heavy (non-hydrogen) atoms. The highest BCUT2D eigenvalue weighted by atomic mass is 19.2. The highest BCUT2D eigenvalue weighted by molar-refractivity contribution is 5.76. The molecule has 0 radical (unpaired) electrons. The number of nitrogens with one attached hydrogen (secondary N) is 1. The van der Waals surface area contributed by atoms with Crippen LogP contribution in [0.3, 0.4) is 0 Å². The fourth-order valence-electron chi connectivity index (χ4n) is 1.32. The lowest BCUT2D eigenvalue weighted by molar-refractivity contribution is -0.122. The van der Waals surface area contributed by atoms with Crippen LogP contribution in [0.5, 0.6) is 0 Å². The van der Waals surface area contributed by atoms with Gasteiger partial charge in [0, 0.05) is 13.0 Å². The fraction of sp³-hybridized carbons (Fsp3) is 0.417. The van der Waals surface area contributed by atoms with Crippen LogP contribution in [-0.2, 0) is 11.3 Å². The van der Waals surface area contributed by atoms with E-state index >= 15 is 0 Å². The predicted octanol–water partition coefficient (Wildman–Crippen LogP) is 1.57. The summed E-state index contributed by atoms with van der Waals surface area (Å²) >= 11 is 0. The first-order valence-electron chi connectivity index (χ1n) is 5.43. The summed E-state index contributed by atoms with van der Waals surface area (Å²) in [6, 6.07) is 3.55. The molecule has 0 fully saturated rings. The smallest absolute Gasteiger partial charge is 0.220 e. The lowest BCUT2D eigenvalue weighted by Crippen LogP contribution is -2.26. The van der Waals surface area contributed by atoms with Gasteiger partial charge in [-0.2, -0.15) is 0 Å². The molecule has 1 unspecified atom stereocenters. The Hall–Kier alpha value is -1.49. The molecule has 0 spiro atoms. The van der Waals surface area contributed by atoms with E-state index in [2.05, 4.69) is 5.32 Å². The molecule has 1 aromatic carbocycles. The molecule has 3 N–H and O–H groups in total. The molecular weight excluding hydrogens is 226 g/mol. The molecule has 0 bridgehead atoms. The van der Waals surface area contributed by atoms with Crippen LogP contribution in [0, 0.1) is 17.6 Å². The number of benzene rings is 1. The van der Waals surface area contributed by atoms with Crippen LogP contribution in [0.4, 0.5) is 8.78 Å². The lowest BCUT2D eigenvalue weighted by Gasteiger charge is -2.09. The monoisotopic (exact) mass is 242 g/mol. The van der Waals surface area contributed by atoms with Crippen LogP contribution < -0.4 is 11.1 Å². The highest BCUT2D eigenvalue weighted by Gasteiger charge is 2.08. The van der Waals surface area contributed by atoms with E-state index in [-0.39, 0.29) is 18.4 Å². The SMILES string of the molecule is CC(CN)CC(=O)NCc1ccc(F)c(F)c1. The Morgan fingerprint density at radius 1 is 1.41 bits per heavy atom. The normalized spacial score (nSPS) is 12.2. The molecule has 1 atom stereocenters. The van der Waals surface area contributed by atoms with E-state index in [4.69, 9.17) is 5.73 Å². The molecule has 1 amide bonds. The van der Waals surface area contributed by atoms with Gasteiger partial charge in [0.1, 0.15) is 0 Å².